The van der Waals surface area contributed by atoms with Gasteiger partial charge in [0, 0.05) is 24.6 Å². The van der Waals surface area contributed by atoms with E-state index in [0.717, 1.165) is 5.56 Å². The Bertz CT molecular complexity index is 627. The van der Waals surface area contributed by atoms with Crippen LogP contribution in [-0.4, -0.2) is 23.9 Å². The summed E-state index contributed by atoms with van der Waals surface area (Å²) < 4.78 is 5.03. The quantitative estimate of drug-likeness (QED) is 0.796. The van der Waals surface area contributed by atoms with Gasteiger partial charge >= 0.3 is 0 Å². The van der Waals surface area contributed by atoms with E-state index in [1.165, 1.54) is 0 Å². The van der Waals surface area contributed by atoms with Gasteiger partial charge < -0.3 is 15.4 Å². The van der Waals surface area contributed by atoms with Crippen LogP contribution in [0.4, 0.5) is 5.69 Å². The van der Waals surface area contributed by atoms with Gasteiger partial charge in [0.05, 0.1) is 7.11 Å². The number of aromatic nitrogens is 1. The molecule has 0 spiro atoms. The van der Waals surface area contributed by atoms with Crippen molar-refractivity contribution in [3.8, 4) is 5.75 Å². The number of benzene rings is 1. The number of carbonyl (C=O) groups excluding carboxylic acids is 2. The van der Waals surface area contributed by atoms with E-state index < -0.39 is 0 Å². The summed E-state index contributed by atoms with van der Waals surface area (Å²) in [6.07, 6.45) is 3.08. The molecule has 0 radical (unpaired) electrons. The molecule has 0 saturated heterocycles. The lowest BCUT2D eigenvalue weighted by atomic mass is 10.2. The molecule has 0 fully saturated rings. The fourth-order valence-corrected chi connectivity index (χ4v) is 1.79. The van der Waals surface area contributed by atoms with E-state index >= 15 is 0 Å². The number of methoxy groups -OCH3 is 1. The summed E-state index contributed by atoms with van der Waals surface area (Å²) in [5.74, 6) is 0.00770. The van der Waals surface area contributed by atoms with Crippen LogP contribution in [0.3, 0.4) is 0 Å². The Balaban J connectivity index is 1.77. The first-order valence-corrected chi connectivity index (χ1v) is 6.77. The van der Waals surface area contributed by atoms with Gasteiger partial charge in [-0.1, -0.05) is 0 Å². The Kier molecular flexibility index (Phi) is 5.48. The van der Waals surface area contributed by atoms with Crippen LogP contribution in [0.1, 0.15) is 12.0 Å². The number of nitrogens with one attached hydrogen (secondary N) is 2. The monoisotopic (exact) mass is 299 g/mol. The van der Waals surface area contributed by atoms with Crippen molar-refractivity contribution < 1.29 is 14.3 Å². The van der Waals surface area contributed by atoms with Gasteiger partial charge in [-0.3, -0.25) is 14.6 Å². The fourth-order valence-electron chi connectivity index (χ4n) is 1.79. The number of pyridine rings is 1. The summed E-state index contributed by atoms with van der Waals surface area (Å²) in [6, 6.07) is 10.5. The first-order valence-electron chi connectivity index (χ1n) is 6.77. The lowest BCUT2D eigenvalue weighted by Gasteiger charge is -2.07. The van der Waals surface area contributed by atoms with Gasteiger partial charge in [-0.15, -0.1) is 0 Å². The van der Waals surface area contributed by atoms with Crippen LogP contribution in [0.15, 0.2) is 48.8 Å². The first kappa shape index (κ1) is 15.5. The predicted octanol–water partition coefficient (Wildman–Crippen LogP) is 1.74. The second-order valence-corrected chi connectivity index (χ2v) is 4.59. The average molecular weight is 299 g/mol. The van der Waals surface area contributed by atoms with E-state index in [9.17, 15) is 9.59 Å². The van der Waals surface area contributed by atoms with E-state index in [1.54, 1.807) is 55.9 Å². The smallest absolute Gasteiger partial charge is 0.233 e. The third-order valence-corrected chi connectivity index (χ3v) is 2.93. The molecular weight excluding hydrogens is 282 g/mol. The summed E-state index contributed by atoms with van der Waals surface area (Å²) >= 11 is 0. The number of anilines is 1. The van der Waals surface area contributed by atoms with Crippen LogP contribution in [0.25, 0.3) is 0 Å². The highest BCUT2D eigenvalue weighted by Gasteiger charge is 2.09. The minimum absolute atomic E-state index is 0.225. The highest BCUT2D eigenvalue weighted by atomic mass is 16.5. The number of hydrogen-bond donors (Lipinski definition) is 2. The first-order chi connectivity index (χ1) is 10.7. The molecule has 1 heterocycles. The fraction of sp³-hybridized carbons (Fsp3) is 0.188. The number of hydrogen-bond acceptors (Lipinski definition) is 4. The summed E-state index contributed by atoms with van der Waals surface area (Å²) in [6.45, 7) is 0.372. The van der Waals surface area contributed by atoms with Crippen molar-refractivity contribution >= 4 is 17.5 Å². The van der Waals surface area contributed by atoms with Crippen LogP contribution in [0.2, 0.25) is 0 Å². The summed E-state index contributed by atoms with van der Waals surface area (Å²) in [4.78, 5) is 27.4. The number of nitrogens with zero attached hydrogens (tertiary/aromatic N) is 1. The van der Waals surface area contributed by atoms with Gasteiger partial charge in [0.15, 0.2) is 0 Å². The molecule has 2 N–H and O–H groups in total. The van der Waals surface area contributed by atoms with Gasteiger partial charge in [0.25, 0.3) is 0 Å². The number of rotatable bonds is 6. The molecule has 0 aliphatic rings. The third-order valence-electron chi connectivity index (χ3n) is 2.93. The summed E-state index contributed by atoms with van der Waals surface area (Å²) in [5, 5.41) is 5.34. The van der Waals surface area contributed by atoms with Gasteiger partial charge in [-0.05, 0) is 42.0 Å². The Morgan fingerprint density at radius 3 is 2.36 bits per heavy atom. The highest BCUT2D eigenvalue weighted by molar-refractivity contribution is 6.03. The molecule has 22 heavy (non-hydrogen) atoms. The minimum Gasteiger partial charge on any atom is -0.497 e. The zero-order valence-corrected chi connectivity index (χ0v) is 12.2. The molecule has 6 heteroatoms. The number of carbonyl (C=O) groups is 2. The Labute approximate surface area is 128 Å². The van der Waals surface area contributed by atoms with Crippen molar-refractivity contribution in [2.75, 3.05) is 12.4 Å². The van der Waals surface area contributed by atoms with Gasteiger partial charge in [-0.2, -0.15) is 0 Å². The van der Waals surface area contributed by atoms with E-state index in [1.807, 2.05) is 0 Å². The third kappa shape index (κ3) is 4.90. The largest absolute Gasteiger partial charge is 0.497 e. The molecular formula is C16H17N3O3. The van der Waals surface area contributed by atoms with Gasteiger partial charge in [0.1, 0.15) is 12.2 Å². The second-order valence-electron chi connectivity index (χ2n) is 4.59. The molecule has 0 bridgehead atoms. The van der Waals surface area contributed by atoms with Crippen molar-refractivity contribution in [1.29, 1.82) is 0 Å². The lowest BCUT2D eigenvalue weighted by molar-refractivity contribution is -0.126. The van der Waals surface area contributed by atoms with E-state index in [-0.39, 0.29) is 18.2 Å². The zero-order valence-electron chi connectivity index (χ0n) is 12.2. The molecule has 2 amide bonds. The Morgan fingerprint density at radius 2 is 1.73 bits per heavy atom. The number of ether oxygens (including phenoxy) is 1. The molecule has 6 nitrogen and oxygen atoms in total. The molecule has 2 rings (SSSR count). The maximum Gasteiger partial charge on any atom is 0.233 e. The molecule has 0 saturated carbocycles. The lowest BCUT2D eigenvalue weighted by Crippen LogP contribution is -2.27. The maximum atomic E-state index is 11.8. The van der Waals surface area contributed by atoms with Crippen molar-refractivity contribution in [2.45, 2.75) is 13.0 Å². The number of amides is 2. The standard InChI is InChI=1S/C16H17N3O3/c1-22-14-4-2-13(3-5-14)19-16(21)10-15(20)18-11-12-6-8-17-9-7-12/h2-9H,10-11H2,1H3,(H,18,20)(H,19,21). The van der Waals surface area contributed by atoms with Crippen molar-refractivity contribution in [3.63, 3.8) is 0 Å². The minimum atomic E-state index is -0.364. The average Bonchev–Trinajstić information content (AvgIpc) is 2.54. The molecule has 1 aromatic carbocycles. The Morgan fingerprint density at radius 1 is 1.05 bits per heavy atom. The second kappa shape index (κ2) is 7.78. The summed E-state index contributed by atoms with van der Waals surface area (Å²) in [5.41, 5.74) is 1.55. The normalized spacial score (nSPS) is 9.86. The van der Waals surface area contributed by atoms with Crippen LogP contribution in [0.5, 0.6) is 5.75 Å². The highest BCUT2D eigenvalue weighted by Crippen LogP contribution is 2.15. The molecule has 0 atom stereocenters. The van der Waals surface area contributed by atoms with E-state index in [2.05, 4.69) is 15.6 Å². The SMILES string of the molecule is COc1ccc(NC(=O)CC(=O)NCc2ccncc2)cc1. The zero-order chi connectivity index (χ0) is 15.8. The predicted molar refractivity (Wildman–Crippen MR) is 82.3 cm³/mol. The van der Waals surface area contributed by atoms with Crippen LogP contribution >= 0.6 is 0 Å². The topological polar surface area (TPSA) is 80.3 Å². The van der Waals surface area contributed by atoms with Crippen LogP contribution in [-0.2, 0) is 16.1 Å². The van der Waals surface area contributed by atoms with Crippen LogP contribution < -0.4 is 15.4 Å². The Hall–Kier alpha value is -2.89. The van der Waals surface area contributed by atoms with Crippen molar-refractivity contribution in [1.82, 2.24) is 10.3 Å². The molecule has 2 aromatic rings. The van der Waals surface area contributed by atoms with Gasteiger partial charge in [0.2, 0.25) is 11.8 Å². The molecule has 0 aliphatic carbocycles. The molecule has 1 aromatic heterocycles. The maximum absolute atomic E-state index is 11.8. The molecule has 0 aliphatic heterocycles. The molecule has 0 unspecified atom stereocenters. The molecule has 114 valence electrons. The van der Waals surface area contributed by atoms with Crippen molar-refractivity contribution in [3.05, 3.63) is 54.4 Å². The summed E-state index contributed by atoms with van der Waals surface area (Å²) in [7, 11) is 1.57. The van der Waals surface area contributed by atoms with Crippen molar-refractivity contribution in [2.24, 2.45) is 0 Å². The van der Waals surface area contributed by atoms with E-state index in [4.69, 9.17) is 4.74 Å². The van der Waals surface area contributed by atoms with E-state index in [0.29, 0.717) is 18.0 Å². The van der Waals surface area contributed by atoms with Crippen LogP contribution in [0, 0.1) is 0 Å². The van der Waals surface area contributed by atoms with Gasteiger partial charge in [-0.25, -0.2) is 0 Å².